The molecule has 2 heterocycles. The molecule has 2 rings (SSSR count). The van der Waals surface area contributed by atoms with E-state index in [1.807, 2.05) is 0 Å². The Balaban J connectivity index is 2.01. The van der Waals surface area contributed by atoms with E-state index < -0.39 is 8.07 Å². The Morgan fingerprint density at radius 3 is 2.67 bits per heavy atom. The van der Waals surface area contributed by atoms with E-state index in [-0.39, 0.29) is 0 Å². The number of ether oxygens (including phenoxy) is 1. The third-order valence-electron chi connectivity index (χ3n) is 3.13. The summed E-state index contributed by atoms with van der Waals surface area (Å²) in [6, 6.07) is 1.13. The SMILES string of the molecule is Cn1ncc(-c2nn(COCC[Si](C)(C)C)cc2N)c1Cl. The maximum Gasteiger partial charge on any atom is 0.139 e. The summed E-state index contributed by atoms with van der Waals surface area (Å²) < 4.78 is 8.94. The number of rotatable bonds is 6. The van der Waals surface area contributed by atoms with Crippen LogP contribution in [0.1, 0.15) is 0 Å². The van der Waals surface area contributed by atoms with Gasteiger partial charge in [-0.05, 0) is 6.04 Å². The van der Waals surface area contributed by atoms with E-state index in [9.17, 15) is 0 Å². The Hall–Kier alpha value is -1.31. The molecule has 0 spiro atoms. The van der Waals surface area contributed by atoms with Gasteiger partial charge in [0.05, 0.1) is 23.6 Å². The number of aryl methyl sites for hydroxylation is 1. The first-order chi connectivity index (χ1) is 9.78. The van der Waals surface area contributed by atoms with Crippen LogP contribution >= 0.6 is 11.6 Å². The number of aromatic nitrogens is 4. The molecule has 0 saturated heterocycles. The summed E-state index contributed by atoms with van der Waals surface area (Å²) in [5, 5.41) is 9.05. The van der Waals surface area contributed by atoms with Crippen LogP contribution in [-0.4, -0.2) is 34.2 Å². The highest BCUT2D eigenvalue weighted by Crippen LogP contribution is 2.29. The van der Waals surface area contributed by atoms with Crippen molar-refractivity contribution in [3.05, 3.63) is 17.5 Å². The van der Waals surface area contributed by atoms with E-state index in [0.29, 0.717) is 23.3 Å². The number of hydrogen-bond acceptors (Lipinski definition) is 4. The molecule has 116 valence electrons. The summed E-state index contributed by atoms with van der Waals surface area (Å²) in [7, 11) is 0.710. The van der Waals surface area contributed by atoms with Gasteiger partial charge < -0.3 is 10.5 Å². The molecule has 6 nitrogen and oxygen atoms in total. The van der Waals surface area contributed by atoms with Crippen molar-refractivity contribution in [1.29, 1.82) is 0 Å². The number of halogens is 1. The van der Waals surface area contributed by atoms with Crippen molar-refractivity contribution in [2.24, 2.45) is 7.05 Å². The molecule has 0 atom stereocenters. The average Bonchev–Trinajstić information content (AvgIpc) is 2.89. The lowest BCUT2D eigenvalue weighted by Crippen LogP contribution is -2.22. The molecule has 0 radical (unpaired) electrons. The second-order valence-electron chi connectivity index (χ2n) is 6.29. The van der Waals surface area contributed by atoms with E-state index in [1.54, 1.807) is 28.8 Å². The van der Waals surface area contributed by atoms with Crippen LogP contribution in [0.15, 0.2) is 12.4 Å². The standard InChI is InChI=1S/C13H22ClN5OSi/c1-18-13(14)10(7-16-18)12-11(15)8-19(17-12)9-20-5-6-21(2,3)4/h7-8H,5-6,9,15H2,1-4H3. The van der Waals surface area contributed by atoms with Gasteiger partial charge >= 0.3 is 0 Å². The highest BCUT2D eigenvalue weighted by Gasteiger charge is 2.16. The molecule has 2 N–H and O–H groups in total. The molecule has 21 heavy (non-hydrogen) atoms. The Morgan fingerprint density at radius 2 is 2.10 bits per heavy atom. The van der Waals surface area contributed by atoms with E-state index >= 15 is 0 Å². The van der Waals surface area contributed by atoms with Crippen LogP contribution in [0.2, 0.25) is 30.8 Å². The van der Waals surface area contributed by atoms with Crippen molar-refractivity contribution < 1.29 is 4.74 Å². The van der Waals surface area contributed by atoms with E-state index in [2.05, 4.69) is 29.8 Å². The number of anilines is 1. The van der Waals surface area contributed by atoms with Gasteiger partial charge in [-0.3, -0.25) is 4.68 Å². The molecule has 0 fully saturated rings. The second kappa shape index (κ2) is 6.21. The maximum absolute atomic E-state index is 6.17. The van der Waals surface area contributed by atoms with Gasteiger partial charge in [0.15, 0.2) is 0 Å². The van der Waals surface area contributed by atoms with E-state index in [4.69, 9.17) is 22.1 Å². The zero-order valence-corrected chi connectivity index (χ0v) is 14.7. The van der Waals surface area contributed by atoms with Crippen LogP contribution in [0.25, 0.3) is 11.3 Å². The summed E-state index contributed by atoms with van der Waals surface area (Å²) >= 11 is 6.17. The van der Waals surface area contributed by atoms with Crippen LogP contribution in [0.5, 0.6) is 0 Å². The molecule has 0 aromatic carbocycles. The maximum atomic E-state index is 6.17. The molecule has 0 aliphatic rings. The van der Waals surface area contributed by atoms with Crippen molar-refractivity contribution in [1.82, 2.24) is 19.6 Å². The lowest BCUT2D eigenvalue weighted by Gasteiger charge is -2.15. The Bertz CT molecular complexity index is 617. The fourth-order valence-electron chi connectivity index (χ4n) is 1.83. The van der Waals surface area contributed by atoms with Crippen LogP contribution in [0.3, 0.4) is 0 Å². The minimum Gasteiger partial charge on any atom is -0.396 e. The topological polar surface area (TPSA) is 70.9 Å². The lowest BCUT2D eigenvalue weighted by molar-refractivity contribution is 0.0788. The second-order valence-corrected chi connectivity index (χ2v) is 12.3. The largest absolute Gasteiger partial charge is 0.396 e. The van der Waals surface area contributed by atoms with Gasteiger partial charge in [0.1, 0.15) is 17.6 Å². The minimum absolute atomic E-state index is 0.395. The Labute approximate surface area is 130 Å². The van der Waals surface area contributed by atoms with Gasteiger partial charge in [-0.1, -0.05) is 31.2 Å². The van der Waals surface area contributed by atoms with Crippen molar-refractivity contribution in [2.45, 2.75) is 32.4 Å². The highest BCUT2D eigenvalue weighted by molar-refractivity contribution is 6.76. The first-order valence-electron chi connectivity index (χ1n) is 6.86. The van der Waals surface area contributed by atoms with Crippen molar-refractivity contribution >= 4 is 25.4 Å². The van der Waals surface area contributed by atoms with Gasteiger partial charge in [-0.15, -0.1) is 0 Å². The molecule has 2 aromatic heterocycles. The number of nitrogens with zero attached hydrogens (tertiary/aromatic N) is 4. The molecule has 0 saturated carbocycles. The Morgan fingerprint density at radius 1 is 1.38 bits per heavy atom. The van der Waals surface area contributed by atoms with Crippen molar-refractivity contribution in [3.63, 3.8) is 0 Å². The van der Waals surface area contributed by atoms with E-state index in [0.717, 1.165) is 18.2 Å². The summed E-state index contributed by atoms with van der Waals surface area (Å²) in [5.41, 5.74) is 7.94. The quantitative estimate of drug-likeness (QED) is 0.654. The number of nitrogens with two attached hydrogens (primary N) is 1. The number of hydrogen-bond donors (Lipinski definition) is 1. The zero-order valence-electron chi connectivity index (χ0n) is 12.9. The average molecular weight is 328 g/mol. The third kappa shape index (κ3) is 4.09. The number of nitrogen functional groups attached to an aromatic ring is 1. The van der Waals surface area contributed by atoms with Gasteiger partial charge in [-0.2, -0.15) is 10.2 Å². The predicted octanol–water partition coefficient (Wildman–Crippen LogP) is 2.83. The van der Waals surface area contributed by atoms with Gasteiger partial charge in [0, 0.05) is 21.7 Å². The van der Waals surface area contributed by atoms with Crippen LogP contribution in [-0.2, 0) is 18.5 Å². The normalized spacial score (nSPS) is 12.0. The molecule has 2 aromatic rings. The zero-order chi connectivity index (χ0) is 15.6. The first-order valence-corrected chi connectivity index (χ1v) is 10.9. The summed E-state index contributed by atoms with van der Waals surface area (Å²) in [4.78, 5) is 0. The van der Waals surface area contributed by atoms with Crippen LogP contribution < -0.4 is 5.73 Å². The highest BCUT2D eigenvalue weighted by atomic mass is 35.5. The molecule has 0 bridgehead atoms. The predicted molar refractivity (Wildman–Crippen MR) is 88.0 cm³/mol. The van der Waals surface area contributed by atoms with Crippen molar-refractivity contribution in [3.8, 4) is 11.3 Å². The van der Waals surface area contributed by atoms with Gasteiger partial charge in [0.2, 0.25) is 0 Å². The first kappa shape index (κ1) is 16.1. The van der Waals surface area contributed by atoms with Gasteiger partial charge in [-0.25, -0.2) is 4.68 Å². The molecular weight excluding hydrogens is 306 g/mol. The smallest absolute Gasteiger partial charge is 0.139 e. The van der Waals surface area contributed by atoms with Crippen LogP contribution in [0, 0.1) is 0 Å². The Kier molecular flexibility index (Phi) is 4.75. The molecule has 0 unspecified atom stereocenters. The van der Waals surface area contributed by atoms with E-state index in [1.165, 1.54) is 0 Å². The molecule has 8 heteroatoms. The molecular formula is C13H22ClN5OSi. The fourth-order valence-corrected chi connectivity index (χ4v) is 2.77. The summed E-state index contributed by atoms with van der Waals surface area (Å²) in [5.74, 6) is 0. The summed E-state index contributed by atoms with van der Waals surface area (Å²) in [6.45, 7) is 8.12. The lowest BCUT2D eigenvalue weighted by atomic mass is 10.2. The molecule has 0 aliphatic heterocycles. The minimum atomic E-state index is -1.07. The summed E-state index contributed by atoms with van der Waals surface area (Å²) in [6.07, 6.45) is 3.42. The third-order valence-corrected chi connectivity index (χ3v) is 5.28. The fraction of sp³-hybridized carbons (Fsp3) is 0.538. The molecule has 0 aliphatic carbocycles. The van der Waals surface area contributed by atoms with Gasteiger partial charge in [0.25, 0.3) is 0 Å². The monoisotopic (exact) mass is 327 g/mol. The van der Waals surface area contributed by atoms with Crippen LogP contribution in [0.4, 0.5) is 5.69 Å². The molecule has 0 amide bonds. The van der Waals surface area contributed by atoms with Crippen molar-refractivity contribution in [2.75, 3.05) is 12.3 Å².